The van der Waals surface area contributed by atoms with E-state index in [1.807, 2.05) is 61.5 Å². The van der Waals surface area contributed by atoms with Gasteiger partial charge in [-0.25, -0.2) is 0 Å². The number of benzene rings is 2. The molecule has 0 aliphatic heterocycles. The van der Waals surface area contributed by atoms with Crippen LogP contribution in [0.2, 0.25) is 0 Å². The van der Waals surface area contributed by atoms with Crippen molar-refractivity contribution < 1.29 is 4.74 Å². The molecule has 1 atom stereocenters. The minimum atomic E-state index is -0.100. The van der Waals surface area contributed by atoms with Gasteiger partial charge in [-0.1, -0.05) is 48.5 Å². The molecule has 0 unspecified atom stereocenters. The van der Waals surface area contributed by atoms with E-state index >= 15 is 0 Å². The number of nitrogens with zero attached hydrogens (tertiary/aromatic N) is 2. The van der Waals surface area contributed by atoms with Crippen molar-refractivity contribution in [3.63, 3.8) is 0 Å². The lowest BCUT2D eigenvalue weighted by molar-refractivity contribution is 0.173. The van der Waals surface area contributed by atoms with E-state index in [2.05, 4.69) is 5.29 Å². The van der Waals surface area contributed by atoms with Gasteiger partial charge in [0.05, 0.1) is 5.29 Å². The summed E-state index contributed by atoms with van der Waals surface area (Å²) >= 11 is 0. The molecule has 110 valence electrons. The molecule has 0 aliphatic rings. The average molecular weight is 284 g/mol. The van der Waals surface area contributed by atoms with Crippen LogP contribution in [0.1, 0.15) is 23.7 Å². The van der Waals surface area contributed by atoms with Crippen LogP contribution in [0, 0.1) is 11.8 Å². The number of hydrogen-bond donors (Lipinski definition) is 0. The van der Waals surface area contributed by atoms with Crippen molar-refractivity contribution in [1.82, 2.24) is 5.01 Å². The van der Waals surface area contributed by atoms with E-state index in [1.54, 1.807) is 7.05 Å². The maximum absolute atomic E-state index is 10.5. The Morgan fingerprint density at radius 2 is 1.76 bits per heavy atom. The summed E-state index contributed by atoms with van der Waals surface area (Å²) in [7, 11) is 1.67. The minimum Gasteiger partial charge on any atom is -0.485 e. The molecule has 21 heavy (non-hydrogen) atoms. The molecule has 0 radical (unpaired) electrons. The summed E-state index contributed by atoms with van der Waals surface area (Å²) in [6.07, 6.45) is 0.595. The van der Waals surface area contributed by atoms with Gasteiger partial charge in [0.2, 0.25) is 0 Å². The minimum absolute atomic E-state index is 0.100. The summed E-state index contributed by atoms with van der Waals surface area (Å²) in [5, 5.41) is 4.29. The van der Waals surface area contributed by atoms with Crippen LogP contribution in [0.25, 0.3) is 0 Å². The second kappa shape index (κ2) is 7.43. The van der Waals surface area contributed by atoms with Gasteiger partial charge in [-0.3, -0.25) is 5.01 Å². The van der Waals surface area contributed by atoms with Crippen molar-refractivity contribution in [2.45, 2.75) is 19.4 Å². The molecule has 0 spiro atoms. The van der Waals surface area contributed by atoms with E-state index in [9.17, 15) is 4.91 Å². The zero-order chi connectivity index (χ0) is 15.1. The van der Waals surface area contributed by atoms with Crippen molar-refractivity contribution in [2.75, 3.05) is 13.6 Å². The zero-order valence-electron chi connectivity index (χ0n) is 12.4. The average Bonchev–Trinajstić information content (AvgIpc) is 2.53. The summed E-state index contributed by atoms with van der Waals surface area (Å²) < 4.78 is 6.16. The molecule has 0 amide bonds. The molecular formula is C17H20N2O2. The molecule has 4 heteroatoms. The normalized spacial score (nSPS) is 11.7. The smallest absolute Gasteiger partial charge is 0.125 e. The standard InChI is InChI=1S/C17H20N2O2/c1-14-8-6-7-11-16(14)21-17(12-13-19(2)18-20)15-9-4-3-5-10-15/h3-11,17H,12-13H2,1-2H3/t17-/m1/s1. The molecule has 2 rings (SSSR count). The Labute approximate surface area is 125 Å². The van der Waals surface area contributed by atoms with E-state index in [0.717, 1.165) is 16.9 Å². The maximum atomic E-state index is 10.5. The van der Waals surface area contributed by atoms with Gasteiger partial charge < -0.3 is 4.74 Å². The second-order valence-corrected chi connectivity index (χ2v) is 5.03. The summed E-state index contributed by atoms with van der Waals surface area (Å²) in [5.41, 5.74) is 2.19. The second-order valence-electron chi connectivity index (χ2n) is 5.03. The van der Waals surface area contributed by atoms with Crippen LogP contribution in [-0.4, -0.2) is 18.6 Å². The fourth-order valence-electron chi connectivity index (χ4n) is 2.15. The number of aryl methyl sites for hydroxylation is 1. The number of para-hydroxylation sites is 1. The lowest BCUT2D eigenvalue weighted by atomic mass is 10.1. The van der Waals surface area contributed by atoms with Crippen molar-refractivity contribution in [3.8, 4) is 5.75 Å². The van der Waals surface area contributed by atoms with Gasteiger partial charge in [0.25, 0.3) is 0 Å². The van der Waals surface area contributed by atoms with Crippen molar-refractivity contribution >= 4 is 0 Å². The summed E-state index contributed by atoms with van der Waals surface area (Å²) in [6.45, 7) is 2.57. The molecule has 2 aromatic carbocycles. The number of nitroso groups, excluding NO2 is 1. The Bertz CT molecular complexity index is 572. The number of rotatable bonds is 7. The molecule has 0 fully saturated rings. The van der Waals surface area contributed by atoms with E-state index in [-0.39, 0.29) is 6.10 Å². The Balaban J connectivity index is 2.16. The first-order valence-electron chi connectivity index (χ1n) is 7.02. The Morgan fingerprint density at radius 3 is 2.43 bits per heavy atom. The van der Waals surface area contributed by atoms with Gasteiger partial charge in [-0.2, -0.15) is 0 Å². The third kappa shape index (κ3) is 4.31. The van der Waals surface area contributed by atoms with Crippen molar-refractivity contribution in [2.24, 2.45) is 5.29 Å². The molecule has 0 saturated heterocycles. The quantitative estimate of drug-likeness (QED) is 0.567. The van der Waals surface area contributed by atoms with Crippen LogP contribution in [0.5, 0.6) is 5.75 Å². The molecule has 0 aromatic heterocycles. The summed E-state index contributed by atoms with van der Waals surface area (Å²) in [6, 6.07) is 18.0. The van der Waals surface area contributed by atoms with Crippen LogP contribution in [0.15, 0.2) is 59.9 Å². The third-order valence-corrected chi connectivity index (χ3v) is 3.39. The zero-order valence-corrected chi connectivity index (χ0v) is 12.4. The maximum Gasteiger partial charge on any atom is 0.125 e. The first-order valence-corrected chi connectivity index (χ1v) is 7.02. The predicted molar refractivity (Wildman–Crippen MR) is 84.0 cm³/mol. The van der Waals surface area contributed by atoms with E-state index < -0.39 is 0 Å². The Kier molecular flexibility index (Phi) is 5.32. The largest absolute Gasteiger partial charge is 0.485 e. The number of hydrogen-bond acceptors (Lipinski definition) is 3. The summed E-state index contributed by atoms with van der Waals surface area (Å²) in [4.78, 5) is 10.5. The Morgan fingerprint density at radius 1 is 1.10 bits per heavy atom. The highest BCUT2D eigenvalue weighted by Crippen LogP contribution is 2.27. The van der Waals surface area contributed by atoms with Crippen LogP contribution >= 0.6 is 0 Å². The fourth-order valence-corrected chi connectivity index (χ4v) is 2.15. The fraction of sp³-hybridized carbons (Fsp3) is 0.294. The molecular weight excluding hydrogens is 264 g/mol. The molecule has 0 bridgehead atoms. The predicted octanol–water partition coefficient (Wildman–Crippen LogP) is 4.12. The third-order valence-electron chi connectivity index (χ3n) is 3.39. The van der Waals surface area contributed by atoms with Crippen molar-refractivity contribution in [1.29, 1.82) is 0 Å². The highest BCUT2D eigenvalue weighted by molar-refractivity contribution is 5.33. The molecule has 0 N–H and O–H groups in total. The molecule has 2 aromatic rings. The van der Waals surface area contributed by atoms with Gasteiger partial charge in [-0.05, 0) is 24.1 Å². The topological polar surface area (TPSA) is 41.9 Å². The SMILES string of the molecule is Cc1ccccc1O[C@H](CCN(C)N=O)c1ccccc1. The van der Waals surface area contributed by atoms with Crippen LogP contribution in [0.4, 0.5) is 0 Å². The van der Waals surface area contributed by atoms with Gasteiger partial charge >= 0.3 is 0 Å². The van der Waals surface area contributed by atoms with Crippen molar-refractivity contribution in [3.05, 3.63) is 70.6 Å². The number of ether oxygens (including phenoxy) is 1. The highest BCUT2D eigenvalue weighted by atomic mass is 16.5. The molecule has 0 saturated carbocycles. The highest BCUT2D eigenvalue weighted by Gasteiger charge is 2.15. The van der Waals surface area contributed by atoms with Gasteiger partial charge in [0, 0.05) is 20.0 Å². The van der Waals surface area contributed by atoms with Crippen LogP contribution in [-0.2, 0) is 0 Å². The van der Waals surface area contributed by atoms with Gasteiger partial charge in [0.1, 0.15) is 11.9 Å². The lowest BCUT2D eigenvalue weighted by Crippen LogP contribution is -2.18. The lowest BCUT2D eigenvalue weighted by Gasteiger charge is -2.22. The van der Waals surface area contributed by atoms with Gasteiger partial charge in [-0.15, -0.1) is 4.91 Å². The molecule has 4 nitrogen and oxygen atoms in total. The van der Waals surface area contributed by atoms with E-state index in [4.69, 9.17) is 4.74 Å². The summed E-state index contributed by atoms with van der Waals surface area (Å²) in [5.74, 6) is 0.869. The van der Waals surface area contributed by atoms with Crippen LogP contribution in [0.3, 0.4) is 0 Å². The first kappa shape index (κ1) is 15.0. The Hall–Kier alpha value is -2.36. The van der Waals surface area contributed by atoms with E-state index in [1.165, 1.54) is 5.01 Å². The first-order chi connectivity index (χ1) is 10.2. The molecule has 0 aliphatic carbocycles. The van der Waals surface area contributed by atoms with Crippen LogP contribution < -0.4 is 4.74 Å². The van der Waals surface area contributed by atoms with E-state index in [0.29, 0.717) is 13.0 Å². The molecule has 0 heterocycles. The van der Waals surface area contributed by atoms with Gasteiger partial charge in [0.15, 0.2) is 0 Å². The monoisotopic (exact) mass is 284 g/mol.